The second-order valence-electron chi connectivity index (χ2n) is 12.2. The summed E-state index contributed by atoms with van der Waals surface area (Å²) in [5, 5.41) is 6.55. The van der Waals surface area contributed by atoms with Crippen LogP contribution in [0.15, 0.2) is 103 Å². The summed E-state index contributed by atoms with van der Waals surface area (Å²) in [6, 6.07) is 37.9. The number of pyridine rings is 2. The molecule has 0 atom stereocenters. The Morgan fingerprint density at radius 2 is 1.50 bits per heavy atom. The first-order valence-corrected chi connectivity index (χ1v) is 19.0. The SMILES string of the molecule is C[Si](C)(C)c1ccc(-c2[c-]cccc2)nc1.[2H]C(C)(C)c1ccnc(-c2[c-]ccc3c2sc2c4ccccc4c(C)cc32)c1.[Ir]. The van der Waals surface area contributed by atoms with E-state index in [1.54, 1.807) is 6.20 Å². The largest absolute Gasteiger partial charge is 0.305 e. The minimum atomic E-state index is -1.23. The maximum Gasteiger partial charge on any atom is 0.0795 e. The molecule has 7 rings (SSSR count). The van der Waals surface area contributed by atoms with Crippen molar-refractivity contribution in [1.82, 2.24) is 9.97 Å². The Kier molecular flexibility index (Phi) is 9.20. The molecule has 0 aliphatic rings. The fourth-order valence-corrected chi connectivity index (χ4v) is 7.72. The van der Waals surface area contributed by atoms with Crippen LogP contribution in [0.2, 0.25) is 19.6 Å². The average molecular weight is 786 g/mol. The molecule has 223 valence electrons. The van der Waals surface area contributed by atoms with Crippen molar-refractivity contribution in [3.8, 4) is 22.5 Å². The Hall–Kier alpha value is -3.47. The minimum Gasteiger partial charge on any atom is -0.305 e. The number of thiophene rings is 1. The fourth-order valence-electron chi connectivity index (χ4n) is 5.36. The van der Waals surface area contributed by atoms with E-state index in [-0.39, 0.29) is 20.1 Å². The van der Waals surface area contributed by atoms with E-state index in [9.17, 15) is 0 Å². The maximum absolute atomic E-state index is 8.36. The number of aromatic nitrogens is 2. The van der Waals surface area contributed by atoms with Gasteiger partial charge in [0.25, 0.3) is 0 Å². The standard InChI is InChI=1S/C25H20NS.C14H16NSi.Ir/c1-15(2)17-11-12-26-23(14-17)21-10-6-9-20-22-13-16(3)18-7-4-5-8-19(18)25(22)27-24(20)21;1-16(2,3)13-9-10-14(15-11-13)12-7-5-4-6-8-12;/h4-9,11-15H,1-3H3;4-7,9-11H,1-3H3;/q2*-1;/i15D;;. The predicted octanol–water partition coefficient (Wildman–Crippen LogP) is 10.6. The molecule has 4 aromatic carbocycles. The van der Waals surface area contributed by atoms with Crippen molar-refractivity contribution in [3.05, 3.63) is 127 Å². The Bertz CT molecular complexity index is 2090. The normalized spacial score (nSPS) is 12.0. The maximum atomic E-state index is 8.36. The quantitative estimate of drug-likeness (QED) is 0.131. The summed E-state index contributed by atoms with van der Waals surface area (Å²) < 4.78 is 10.9. The number of rotatable bonds is 4. The van der Waals surface area contributed by atoms with Crippen LogP contribution in [-0.4, -0.2) is 18.0 Å². The van der Waals surface area contributed by atoms with Crippen molar-refractivity contribution in [2.75, 3.05) is 0 Å². The number of aryl methyl sites for hydroxylation is 1. The first-order valence-electron chi connectivity index (χ1n) is 15.2. The smallest absolute Gasteiger partial charge is 0.0795 e. The van der Waals surface area contributed by atoms with E-state index in [0.29, 0.717) is 0 Å². The third-order valence-corrected chi connectivity index (χ3v) is 11.2. The third-order valence-electron chi connectivity index (χ3n) is 7.85. The van der Waals surface area contributed by atoms with Crippen LogP contribution in [0.25, 0.3) is 53.5 Å². The predicted molar refractivity (Wildman–Crippen MR) is 189 cm³/mol. The van der Waals surface area contributed by atoms with Crippen molar-refractivity contribution in [2.24, 2.45) is 0 Å². The van der Waals surface area contributed by atoms with Gasteiger partial charge in [-0.15, -0.1) is 59.7 Å². The molecule has 7 aromatic rings. The molecule has 1 radical (unpaired) electrons. The molecular formula is C39H36IrN2SSi-2. The first kappa shape index (κ1) is 30.5. The zero-order valence-corrected chi connectivity index (χ0v) is 30.2. The van der Waals surface area contributed by atoms with Gasteiger partial charge in [-0.2, -0.15) is 11.3 Å². The molecule has 0 bridgehead atoms. The van der Waals surface area contributed by atoms with E-state index in [0.717, 1.165) is 28.1 Å². The topological polar surface area (TPSA) is 25.8 Å². The molecule has 3 heterocycles. The van der Waals surface area contributed by atoms with Crippen LogP contribution >= 0.6 is 11.3 Å². The molecule has 0 amide bonds. The number of hydrogen-bond donors (Lipinski definition) is 0. The Morgan fingerprint density at radius 3 is 2.18 bits per heavy atom. The van der Waals surface area contributed by atoms with Crippen LogP contribution in [0.1, 0.15) is 32.2 Å². The Morgan fingerprint density at radius 1 is 0.750 bits per heavy atom. The minimum absolute atomic E-state index is 0. The summed E-state index contributed by atoms with van der Waals surface area (Å²) in [6.07, 6.45) is 3.82. The summed E-state index contributed by atoms with van der Waals surface area (Å²) in [5.74, 6) is -0.654. The van der Waals surface area contributed by atoms with Gasteiger partial charge in [-0.25, -0.2) is 0 Å². The van der Waals surface area contributed by atoms with E-state index in [1.807, 2.05) is 73.8 Å². The molecule has 0 saturated carbocycles. The molecule has 0 aliphatic heterocycles. The molecule has 5 heteroatoms. The fraction of sp³-hybridized carbons (Fsp3) is 0.179. The van der Waals surface area contributed by atoms with Gasteiger partial charge in [-0.3, -0.25) is 0 Å². The van der Waals surface area contributed by atoms with E-state index < -0.39 is 14.0 Å². The van der Waals surface area contributed by atoms with Gasteiger partial charge in [0.2, 0.25) is 0 Å². The molecule has 0 saturated heterocycles. The number of fused-ring (bicyclic) bond motifs is 5. The third kappa shape index (κ3) is 6.48. The van der Waals surface area contributed by atoms with Gasteiger partial charge in [0, 0.05) is 38.6 Å². The zero-order chi connectivity index (χ0) is 31.1. The monoisotopic (exact) mass is 786 g/mol. The van der Waals surface area contributed by atoms with Gasteiger partial charge in [0.1, 0.15) is 0 Å². The van der Waals surface area contributed by atoms with Gasteiger partial charge >= 0.3 is 0 Å². The molecule has 2 nitrogen and oxygen atoms in total. The second-order valence-corrected chi connectivity index (χ2v) is 18.3. The van der Waals surface area contributed by atoms with Crippen LogP contribution in [-0.2, 0) is 20.1 Å². The van der Waals surface area contributed by atoms with Crippen LogP contribution < -0.4 is 5.19 Å². The average Bonchev–Trinajstić information content (AvgIpc) is 3.40. The zero-order valence-electron chi connectivity index (χ0n) is 27.0. The summed E-state index contributed by atoms with van der Waals surface area (Å²) in [5.41, 5.74) is 6.23. The van der Waals surface area contributed by atoms with Crippen LogP contribution in [0.4, 0.5) is 0 Å². The number of nitrogens with zero attached hydrogens (tertiary/aromatic N) is 2. The van der Waals surface area contributed by atoms with Gasteiger partial charge in [-0.05, 0) is 61.9 Å². The number of benzene rings is 4. The van der Waals surface area contributed by atoms with Crippen molar-refractivity contribution in [1.29, 1.82) is 0 Å². The van der Waals surface area contributed by atoms with Crippen molar-refractivity contribution >= 4 is 55.5 Å². The Labute approximate surface area is 281 Å². The summed E-state index contributed by atoms with van der Waals surface area (Å²) in [6.45, 7) is 13.0. The summed E-state index contributed by atoms with van der Waals surface area (Å²) in [4.78, 5) is 9.13. The van der Waals surface area contributed by atoms with E-state index in [2.05, 4.69) is 97.2 Å². The number of hydrogen-bond acceptors (Lipinski definition) is 3. The molecule has 0 N–H and O–H groups in total. The van der Waals surface area contributed by atoms with E-state index in [4.69, 9.17) is 1.37 Å². The van der Waals surface area contributed by atoms with Gasteiger partial charge in [0.05, 0.1) is 8.07 Å². The van der Waals surface area contributed by atoms with E-state index in [1.165, 1.54) is 41.7 Å². The van der Waals surface area contributed by atoms with Crippen molar-refractivity contribution in [3.63, 3.8) is 0 Å². The van der Waals surface area contributed by atoms with Gasteiger partial charge in [-0.1, -0.05) is 93.0 Å². The van der Waals surface area contributed by atoms with Crippen molar-refractivity contribution in [2.45, 2.75) is 46.3 Å². The van der Waals surface area contributed by atoms with Gasteiger partial charge in [0.15, 0.2) is 0 Å². The summed E-state index contributed by atoms with van der Waals surface area (Å²) in [7, 11) is -1.23. The molecule has 0 fully saturated rings. The van der Waals surface area contributed by atoms with Crippen LogP contribution in [0.5, 0.6) is 0 Å². The van der Waals surface area contributed by atoms with Crippen molar-refractivity contribution < 1.29 is 21.5 Å². The molecule has 0 spiro atoms. The molecule has 44 heavy (non-hydrogen) atoms. The molecular weight excluding hydrogens is 749 g/mol. The van der Waals surface area contributed by atoms with E-state index >= 15 is 0 Å². The second kappa shape index (κ2) is 13.3. The van der Waals surface area contributed by atoms with Crippen LogP contribution in [0.3, 0.4) is 0 Å². The van der Waals surface area contributed by atoms with Crippen LogP contribution in [0, 0.1) is 19.1 Å². The van der Waals surface area contributed by atoms with Gasteiger partial charge < -0.3 is 9.97 Å². The Balaban J connectivity index is 0.000000202. The molecule has 3 aromatic heterocycles. The first-order chi connectivity index (χ1) is 21.0. The molecule has 0 aliphatic carbocycles. The summed E-state index contributed by atoms with van der Waals surface area (Å²) >= 11 is 1.82. The molecule has 0 unspecified atom stereocenters.